The number of nitrogens with two attached hydrogens (primary N) is 1. The first-order valence-corrected chi connectivity index (χ1v) is 7.42. The second kappa shape index (κ2) is 4.33. The van der Waals surface area contributed by atoms with Gasteiger partial charge in [0.2, 0.25) is 10.0 Å². The fraction of sp³-hybridized carbons (Fsp3) is 0.900. The monoisotopic (exact) mass is 245 g/mol. The van der Waals surface area contributed by atoms with Crippen LogP contribution in [-0.2, 0) is 10.0 Å². The molecule has 0 heterocycles. The van der Waals surface area contributed by atoms with E-state index in [0.29, 0.717) is 24.6 Å². The molecule has 0 radical (unpaired) electrons. The summed E-state index contributed by atoms with van der Waals surface area (Å²) in [7, 11) is -3.11. The molecule has 0 bridgehead atoms. The maximum absolute atomic E-state index is 12.1. The summed E-state index contributed by atoms with van der Waals surface area (Å²) in [6.45, 7) is 0.384. The minimum absolute atomic E-state index is 0.0623. The van der Waals surface area contributed by atoms with Crippen LogP contribution in [0.1, 0.15) is 32.1 Å². The van der Waals surface area contributed by atoms with Crippen LogP contribution in [0.25, 0.3) is 0 Å². The fourth-order valence-electron chi connectivity index (χ4n) is 1.82. The predicted molar refractivity (Wildman–Crippen MR) is 62.8 cm³/mol. The first-order valence-electron chi connectivity index (χ1n) is 5.81. The number of hydrogen-bond acceptors (Lipinski definition) is 3. The van der Waals surface area contributed by atoms with Gasteiger partial charge in [-0.1, -0.05) is 0 Å². The van der Waals surface area contributed by atoms with Crippen molar-refractivity contribution in [2.75, 3.05) is 12.3 Å². The molecule has 16 heavy (non-hydrogen) atoms. The molecule has 0 aromatic heterocycles. The average molecular weight is 245 g/mol. The molecule has 0 aromatic carbocycles. The molecule has 0 amide bonds. The first-order chi connectivity index (χ1) is 7.49. The van der Waals surface area contributed by atoms with Crippen LogP contribution in [-0.4, -0.2) is 36.9 Å². The zero-order valence-corrected chi connectivity index (χ0v) is 10.2. The zero-order chi connectivity index (χ0) is 11.8. The molecule has 3 N–H and O–H groups in total. The number of sulfonamides is 1. The van der Waals surface area contributed by atoms with Gasteiger partial charge < -0.3 is 5.73 Å². The van der Waals surface area contributed by atoms with Crippen LogP contribution in [0.2, 0.25) is 0 Å². The van der Waals surface area contributed by atoms with Gasteiger partial charge in [0.25, 0.3) is 0 Å². The molecule has 6 heteroatoms. The minimum atomic E-state index is -3.11. The van der Waals surface area contributed by atoms with Crippen molar-refractivity contribution in [3.63, 3.8) is 0 Å². The molecule has 92 valence electrons. The molecule has 2 aliphatic rings. The van der Waals surface area contributed by atoms with Gasteiger partial charge in [-0.3, -0.25) is 5.41 Å². The highest BCUT2D eigenvalue weighted by atomic mass is 32.2. The van der Waals surface area contributed by atoms with Crippen LogP contribution >= 0.6 is 0 Å². The van der Waals surface area contributed by atoms with E-state index >= 15 is 0 Å². The lowest BCUT2D eigenvalue weighted by atomic mass is 10.4. The van der Waals surface area contributed by atoms with E-state index in [-0.39, 0.29) is 11.9 Å². The van der Waals surface area contributed by atoms with E-state index in [1.165, 1.54) is 0 Å². The number of amidine groups is 1. The summed E-state index contributed by atoms with van der Waals surface area (Å²) >= 11 is 0. The molecule has 5 nitrogen and oxygen atoms in total. The Kier molecular flexibility index (Phi) is 3.21. The third-order valence-corrected chi connectivity index (χ3v) is 5.14. The van der Waals surface area contributed by atoms with E-state index in [1.807, 2.05) is 0 Å². The zero-order valence-electron chi connectivity index (χ0n) is 9.35. The van der Waals surface area contributed by atoms with Gasteiger partial charge in [-0.25, -0.2) is 8.42 Å². The molecule has 0 spiro atoms. The average Bonchev–Trinajstić information content (AvgIpc) is 2.95. The smallest absolute Gasteiger partial charge is 0.214 e. The summed E-state index contributed by atoms with van der Waals surface area (Å²) in [6.07, 6.45) is 4.36. The Hall–Kier alpha value is -0.620. The number of nitrogens with zero attached hydrogens (tertiary/aromatic N) is 1. The molecular weight excluding hydrogens is 226 g/mol. The van der Waals surface area contributed by atoms with Gasteiger partial charge >= 0.3 is 0 Å². The van der Waals surface area contributed by atoms with E-state index in [0.717, 1.165) is 25.7 Å². The quantitative estimate of drug-likeness (QED) is 0.506. The second-order valence-electron chi connectivity index (χ2n) is 4.84. The van der Waals surface area contributed by atoms with Gasteiger partial charge in [0.05, 0.1) is 11.6 Å². The Morgan fingerprint density at radius 3 is 2.38 bits per heavy atom. The van der Waals surface area contributed by atoms with Gasteiger partial charge in [-0.05, 0) is 31.6 Å². The van der Waals surface area contributed by atoms with E-state index in [4.69, 9.17) is 11.1 Å². The normalized spacial score (nSPS) is 21.3. The van der Waals surface area contributed by atoms with Crippen molar-refractivity contribution in [2.24, 2.45) is 11.7 Å². The van der Waals surface area contributed by atoms with E-state index < -0.39 is 10.0 Å². The molecule has 2 saturated carbocycles. The Bertz CT molecular complexity index is 372. The number of rotatable bonds is 7. The highest BCUT2D eigenvalue weighted by Gasteiger charge is 2.39. The second-order valence-corrected chi connectivity index (χ2v) is 6.81. The first kappa shape index (κ1) is 11.9. The lowest BCUT2D eigenvalue weighted by Crippen LogP contribution is -2.37. The van der Waals surface area contributed by atoms with Gasteiger partial charge in [-0.2, -0.15) is 4.31 Å². The third-order valence-electron chi connectivity index (χ3n) is 3.06. The van der Waals surface area contributed by atoms with Crippen molar-refractivity contribution < 1.29 is 8.42 Å². The molecule has 2 fully saturated rings. The van der Waals surface area contributed by atoms with E-state index in [1.54, 1.807) is 4.31 Å². The summed E-state index contributed by atoms with van der Waals surface area (Å²) in [6, 6.07) is 0.183. The SMILES string of the molecule is N=C(N)CCN(C1CC1)S(=O)(=O)CC1CC1. The van der Waals surface area contributed by atoms with Crippen LogP contribution in [0, 0.1) is 11.3 Å². The summed E-state index contributed by atoms with van der Waals surface area (Å²) in [4.78, 5) is 0. The molecule has 0 aliphatic heterocycles. The van der Waals surface area contributed by atoms with Crippen molar-refractivity contribution in [1.29, 1.82) is 5.41 Å². The van der Waals surface area contributed by atoms with Crippen LogP contribution in [0.4, 0.5) is 0 Å². The van der Waals surface area contributed by atoms with Crippen LogP contribution in [0.3, 0.4) is 0 Å². The highest BCUT2D eigenvalue weighted by molar-refractivity contribution is 7.89. The number of nitrogens with one attached hydrogen (secondary N) is 1. The summed E-state index contributed by atoms with van der Waals surface area (Å²) in [5.74, 6) is 0.734. The minimum Gasteiger partial charge on any atom is -0.388 e. The topological polar surface area (TPSA) is 87.2 Å². The van der Waals surface area contributed by atoms with Crippen LogP contribution < -0.4 is 5.73 Å². The van der Waals surface area contributed by atoms with Gasteiger partial charge in [-0.15, -0.1) is 0 Å². The Morgan fingerprint density at radius 2 is 1.94 bits per heavy atom. The van der Waals surface area contributed by atoms with E-state index in [2.05, 4.69) is 0 Å². The van der Waals surface area contributed by atoms with Crippen LogP contribution in [0.15, 0.2) is 0 Å². The van der Waals surface area contributed by atoms with Crippen molar-refractivity contribution in [3.8, 4) is 0 Å². The lowest BCUT2D eigenvalue weighted by Gasteiger charge is -2.21. The third kappa shape index (κ3) is 3.18. The molecule has 0 unspecified atom stereocenters. The molecular formula is C10H19N3O2S. The summed E-state index contributed by atoms with van der Waals surface area (Å²) < 4.78 is 25.8. The van der Waals surface area contributed by atoms with Crippen molar-refractivity contribution in [2.45, 2.75) is 38.1 Å². The van der Waals surface area contributed by atoms with Gasteiger partial charge in [0, 0.05) is 19.0 Å². The van der Waals surface area contributed by atoms with Crippen molar-refractivity contribution in [3.05, 3.63) is 0 Å². The Morgan fingerprint density at radius 1 is 1.31 bits per heavy atom. The summed E-state index contributed by atoms with van der Waals surface area (Å²) in [5, 5.41) is 7.16. The van der Waals surface area contributed by atoms with E-state index in [9.17, 15) is 8.42 Å². The standard InChI is InChI=1S/C10H19N3O2S/c11-10(12)5-6-13(9-3-4-9)16(14,15)7-8-1-2-8/h8-9H,1-7H2,(H3,11,12). The van der Waals surface area contributed by atoms with Crippen molar-refractivity contribution >= 4 is 15.9 Å². The Labute approximate surface area is 96.6 Å². The molecule has 0 atom stereocenters. The Balaban J connectivity index is 1.96. The number of hydrogen-bond donors (Lipinski definition) is 2. The highest BCUT2D eigenvalue weighted by Crippen LogP contribution is 2.35. The maximum Gasteiger partial charge on any atom is 0.214 e. The molecule has 2 rings (SSSR count). The molecule has 0 aromatic rings. The van der Waals surface area contributed by atoms with Gasteiger partial charge in [0.1, 0.15) is 0 Å². The largest absolute Gasteiger partial charge is 0.388 e. The molecule has 2 aliphatic carbocycles. The van der Waals surface area contributed by atoms with Crippen molar-refractivity contribution in [1.82, 2.24) is 4.31 Å². The van der Waals surface area contributed by atoms with Gasteiger partial charge in [0.15, 0.2) is 0 Å². The maximum atomic E-state index is 12.1. The van der Waals surface area contributed by atoms with Crippen LogP contribution in [0.5, 0.6) is 0 Å². The predicted octanol–water partition coefficient (Wildman–Crippen LogP) is 0.517. The summed E-state index contributed by atoms with van der Waals surface area (Å²) in [5.41, 5.74) is 5.28. The lowest BCUT2D eigenvalue weighted by molar-refractivity contribution is 0.411. The fourth-order valence-corrected chi connectivity index (χ4v) is 3.98. The molecule has 0 saturated heterocycles.